The Labute approximate surface area is 158 Å². The number of halogens is 1. The quantitative estimate of drug-likeness (QED) is 0.693. The highest BCUT2D eigenvalue weighted by Crippen LogP contribution is 2.20. The number of nitrogens with zero attached hydrogens (tertiary/aromatic N) is 3. The summed E-state index contributed by atoms with van der Waals surface area (Å²) in [5.74, 6) is -0.377. The van der Waals surface area contributed by atoms with E-state index in [9.17, 15) is 9.18 Å². The first kappa shape index (κ1) is 19.0. The molecule has 3 aromatic rings. The first-order chi connectivity index (χ1) is 13.0. The minimum atomic E-state index is -0.277. The molecule has 0 aliphatic carbocycles. The lowest BCUT2D eigenvalue weighted by Gasteiger charge is -2.25. The summed E-state index contributed by atoms with van der Waals surface area (Å²) >= 11 is 0. The molecule has 0 aliphatic heterocycles. The lowest BCUT2D eigenvalue weighted by atomic mass is 10.2. The number of carbonyl (C=O) groups is 1. The normalized spacial score (nSPS) is 12.5. The number of hydrogen-bond acceptors (Lipinski definition) is 3. The molecule has 1 aromatic carbocycles. The maximum Gasteiger partial charge on any atom is 0.252 e. The number of nitrogens with one attached hydrogen (secondary N) is 1. The lowest BCUT2D eigenvalue weighted by molar-refractivity contribution is 0.0938. The van der Waals surface area contributed by atoms with Gasteiger partial charge < -0.3 is 14.6 Å². The van der Waals surface area contributed by atoms with Gasteiger partial charge >= 0.3 is 0 Å². The molecular weight excluding hydrogens is 343 g/mol. The molecule has 3 rings (SSSR count). The van der Waals surface area contributed by atoms with Gasteiger partial charge in [-0.15, -0.1) is 0 Å². The average Bonchev–Trinajstić information content (AvgIpc) is 3.11. The van der Waals surface area contributed by atoms with Gasteiger partial charge in [-0.25, -0.2) is 9.37 Å². The number of benzene rings is 1. The predicted octanol–water partition coefficient (Wildman–Crippen LogP) is 3.60. The lowest BCUT2D eigenvalue weighted by Crippen LogP contribution is -2.41. The fourth-order valence-electron chi connectivity index (χ4n) is 3.07. The third kappa shape index (κ3) is 4.34. The number of likely N-dealkylation sites (N-methyl/N-ethyl adjacent to an activating group) is 1. The van der Waals surface area contributed by atoms with Gasteiger partial charge in [0, 0.05) is 30.5 Å². The second-order valence-electron chi connectivity index (χ2n) is 6.66. The Hall–Kier alpha value is -2.73. The highest BCUT2D eigenvalue weighted by Gasteiger charge is 2.14. The van der Waals surface area contributed by atoms with Crippen LogP contribution < -0.4 is 5.32 Å². The van der Waals surface area contributed by atoms with E-state index in [2.05, 4.69) is 36.1 Å². The number of aromatic nitrogens is 2. The van der Waals surface area contributed by atoms with Gasteiger partial charge in [-0.1, -0.05) is 13.8 Å². The summed E-state index contributed by atoms with van der Waals surface area (Å²) in [6.07, 6.45) is 4.60. The van der Waals surface area contributed by atoms with Crippen LogP contribution in [0.5, 0.6) is 0 Å². The molecule has 2 heterocycles. The number of rotatable bonds is 7. The molecular formula is C21H25FN4O. The predicted molar refractivity (Wildman–Crippen MR) is 105 cm³/mol. The van der Waals surface area contributed by atoms with Gasteiger partial charge in [0.1, 0.15) is 11.5 Å². The Morgan fingerprint density at radius 3 is 2.59 bits per heavy atom. The van der Waals surface area contributed by atoms with Crippen LogP contribution in [0.25, 0.3) is 16.9 Å². The average molecular weight is 368 g/mol. The summed E-state index contributed by atoms with van der Waals surface area (Å²) in [5.41, 5.74) is 2.89. The van der Waals surface area contributed by atoms with Gasteiger partial charge in [0.05, 0.1) is 11.3 Å². The smallest absolute Gasteiger partial charge is 0.252 e. The van der Waals surface area contributed by atoms with Gasteiger partial charge in [0.15, 0.2) is 0 Å². The van der Waals surface area contributed by atoms with Gasteiger partial charge in [0.25, 0.3) is 5.91 Å². The topological polar surface area (TPSA) is 49.6 Å². The van der Waals surface area contributed by atoms with E-state index < -0.39 is 0 Å². The first-order valence-corrected chi connectivity index (χ1v) is 9.25. The van der Waals surface area contributed by atoms with Crippen LogP contribution in [0.1, 0.15) is 30.6 Å². The van der Waals surface area contributed by atoms with Gasteiger partial charge in [-0.05, 0) is 56.4 Å². The molecule has 2 aromatic heterocycles. The largest absolute Gasteiger partial charge is 0.350 e. The molecule has 142 valence electrons. The standard InChI is InChI=1S/C21H25FN4O/c1-4-18(25(3)5-2)12-23-21(27)16-8-11-20-24-19(14-26(20)13-16)15-6-9-17(22)10-7-15/h6-11,13-14,18H,4-5,12H2,1-3H3,(H,23,27)/t18-/m1/s1. The zero-order chi connectivity index (χ0) is 19.4. The highest BCUT2D eigenvalue weighted by atomic mass is 19.1. The van der Waals surface area contributed by atoms with Gasteiger partial charge in [-0.2, -0.15) is 0 Å². The Bertz CT molecular complexity index is 920. The molecule has 0 radical (unpaired) electrons. The zero-order valence-corrected chi connectivity index (χ0v) is 15.9. The van der Waals surface area contributed by atoms with Crippen LogP contribution in [-0.2, 0) is 0 Å². The van der Waals surface area contributed by atoms with Crippen molar-refractivity contribution in [1.82, 2.24) is 19.6 Å². The molecule has 0 unspecified atom stereocenters. The molecule has 27 heavy (non-hydrogen) atoms. The van der Waals surface area contributed by atoms with Crippen LogP contribution in [0, 0.1) is 5.82 Å². The molecule has 0 spiro atoms. The summed E-state index contributed by atoms with van der Waals surface area (Å²) in [4.78, 5) is 19.3. The monoisotopic (exact) mass is 368 g/mol. The molecule has 0 bridgehead atoms. The Balaban J connectivity index is 1.76. The second kappa shape index (κ2) is 8.31. The third-order valence-electron chi connectivity index (χ3n) is 4.94. The van der Waals surface area contributed by atoms with E-state index in [1.54, 1.807) is 24.4 Å². The Kier molecular flexibility index (Phi) is 5.86. The van der Waals surface area contributed by atoms with Crippen molar-refractivity contribution >= 4 is 11.6 Å². The van der Waals surface area contributed by atoms with Gasteiger partial charge in [0.2, 0.25) is 0 Å². The summed E-state index contributed by atoms with van der Waals surface area (Å²) in [7, 11) is 2.06. The number of amides is 1. The highest BCUT2D eigenvalue weighted by molar-refractivity contribution is 5.94. The third-order valence-corrected chi connectivity index (χ3v) is 4.94. The summed E-state index contributed by atoms with van der Waals surface area (Å²) in [6.45, 7) is 5.79. The fraction of sp³-hybridized carbons (Fsp3) is 0.333. The van der Waals surface area contributed by atoms with Crippen LogP contribution >= 0.6 is 0 Å². The molecule has 1 amide bonds. The van der Waals surface area contributed by atoms with Crippen molar-refractivity contribution in [2.45, 2.75) is 26.3 Å². The minimum Gasteiger partial charge on any atom is -0.350 e. The van der Waals surface area contributed by atoms with E-state index in [-0.39, 0.29) is 11.7 Å². The van der Waals surface area contributed by atoms with Crippen LogP contribution in [0.4, 0.5) is 4.39 Å². The molecule has 1 atom stereocenters. The van der Waals surface area contributed by atoms with Crippen LogP contribution in [0.15, 0.2) is 48.8 Å². The van der Waals surface area contributed by atoms with Crippen LogP contribution in [-0.4, -0.2) is 46.4 Å². The molecule has 6 heteroatoms. The van der Waals surface area contributed by atoms with Crippen molar-refractivity contribution in [1.29, 1.82) is 0 Å². The van der Waals surface area contributed by atoms with Crippen molar-refractivity contribution in [3.05, 3.63) is 60.2 Å². The van der Waals surface area contributed by atoms with Crippen molar-refractivity contribution < 1.29 is 9.18 Å². The minimum absolute atomic E-state index is 0.100. The van der Waals surface area contributed by atoms with Crippen molar-refractivity contribution in [3.63, 3.8) is 0 Å². The fourth-order valence-corrected chi connectivity index (χ4v) is 3.07. The maximum absolute atomic E-state index is 13.1. The number of imidazole rings is 1. The van der Waals surface area contributed by atoms with E-state index >= 15 is 0 Å². The maximum atomic E-state index is 13.1. The van der Waals surface area contributed by atoms with Crippen molar-refractivity contribution in [2.75, 3.05) is 20.1 Å². The first-order valence-electron chi connectivity index (χ1n) is 9.25. The second-order valence-corrected chi connectivity index (χ2v) is 6.66. The van der Waals surface area contributed by atoms with Crippen LogP contribution in [0.2, 0.25) is 0 Å². The molecule has 0 saturated carbocycles. The van der Waals surface area contributed by atoms with E-state index in [1.165, 1.54) is 12.1 Å². The van der Waals surface area contributed by atoms with E-state index in [1.807, 2.05) is 16.7 Å². The number of carbonyl (C=O) groups excluding carboxylic acids is 1. The Morgan fingerprint density at radius 1 is 1.19 bits per heavy atom. The molecule has 0 aliphatic rings. The van der Waals surface area contributed by atoms with Crippen LogP contribution in [0.3, 0.4) is 0 Å². The summed E-state index contributed by atoms with van der Waals surface area (Å²) in [6, 6.07) is 10.1. The van der Waals surface area contributed by atoms with E-state index in [0.29, 0.717) is 18.2 Å². The van der Waals surface area contributed by atoms with Crippen molar-refractivity contribution in [3.8, 4) is 11.3 Å². The number of hydrogen-bond donors (Lipinski definition) is 1. The molecule has 5 nitrogen and oxygen atoms in total. The van der Waals surface area contributed by atoms with Gasteiger partial charge in [-0.3, -0.25) is 4.79 Å². The molecule has 0 saturated heterocycles. The SMILES string of the molecule is CC[C@H](CNC(=O)c1ccc2nc(-c3ccc(F)cc3)cn2c1)N(C)CC. The molecule has 0 fully saturated rings. The number of pyridine rings is 1. The van der Waals surface area contributed by atoms with E-state index in [4.69, 9.17) is 0 Å². The zero-order valence-electron chi connectivity index (χ0n) is 15.9. The number of fused-ring (bicyclic) bond motifs is 1. The summed E-state index contributed by atoms with van der Waals surface area (Å²) in [5, 5.41) is 3.02. The molecule has 1 N–H and O–H groups in total. The Morgan fingerprint density at radius 2 is 1.93 bits per heavy atom. The summed E-state index contributed by atoms with van der Waals surface area (Å²) < 4.78 is 14.9. The van der Waals surface area contributed by atoms with Crippen molar-refractivity contribution in [2.24, 2.45) is 0 Å². The van der Waals surface area contributed by atoms with E-state index in [0.717, 1.165) is 29.9 Å².